The molecule has 0 unspecified atom stereocenters. The van der Waals surface area contributed by atoms with Gasteiger partial charge in [-0.1, -0.05) is 50.3 Å². The predicted octanol–water partition coefficient (Wildman–Crippen LogP) is 6.59. The van der Waals surface area contributed by atoms with Crippen LogP contribution in [0, 0.1) is 34.5 Å². The Balaban J connectivity index is 1.44. The molecule has 8 atom stereocenters. The number of hydrogen-bond donors (Lipinski definition) is 0. The second kappa shape index (κ2) is 8.84. The first-order valence-corrected chi connectivity index (χ1v) is 13.3. The van der Waals surface area contributed by atoms with Crippen molar-refractivity contribution in [3.63, 3.8) is 0 Å². The minimum Gasteiger partial charge on any atom is -0.462 e. The Bertz CT molecular complexity index is 967. The van der Waals surface area contributed by atoms with Crippen LogP contribution in [0.2, 0.25) is 0 Å². The van der Waals surface area contributed by atoms with Gasteiger partial charge in [-0.25, -0.2) is 0 Å². The first-order valence-electron chi connectivity index (χ1n) is 13.3. The van der Waals surface area contributed by atoms with Crippen LogP contribution < -0.4 is 0 Å². The number of rotatable bonds is 3. The maximum Gasteiger partial charge on any atom is 0.303 e. The molecule has 4 heteroatoms. The third-order valence-electron chi connectivity index (χ3n) is 10.2. The molecule has 0 N–H and O–H groups in total. The average molecular weight is 465 g/mol. The first kappa shape index (κ1) is 23.6. The zero-order valence-electron chi connectivity index (χ0n) is 21.2. The SMILES string of the molecule is CC(=O)O[C@H]1CC[C@H]2[C@@H]3CC[C@H]4C[C@@H](OC(C)=O)/C(=C/c5ccccc5)C[C@]4(C)[C@H]3CC[C@]12C. The molecule has 1 aromatic carbocycles. The van der Waals surface area contributed by atoms with Crippen molar-refractivity contribution in [2.24, 2.45) is 34.5 Å². The molecule has 0 saturated heterocycles. The van der Waals surface area contributed by atoms with E-state index < -0.39 is 0 Å². The van der Waals surface area contributed by atoms with Crippen molar-refractivity contribution in [3.05, 3.63) is 41.5 Å². The van der Waals surface area contributed by atoms with Crippen molar-refractivity contribution in [3.8, 4) is 0 Å². The molecule has 184 valence electrons. The number of hydrogen-bond acceptors (Lipinski definition) is 4. The highest BCUT2D eigenvalue weighted by Gasteiger charge is 2.61. The lowest BCUT2D eigenvalue weighted by molar-refractivity contribution is -0.163. The summed E-state index contributed by atoms with van der Waals surface area (Å²) in [7, 11) is 0. The summed E-state index contributed by atoms with van der Waals surface area (Å²) in [5, 5.41) is 0. The molecular formula is C30H40O4. The summed E-state index contributed by atoms with van der Waals surface area (Å²) in [6.07, 6.45) is 11.2. The standard InChI is InChI=1S/C30H40O4/c1-19(31)33-27-17-23-10-11-24-25-12-13-28(34-20(2)32)29(25,3)15-14-26(24)30(23,4)18-22(27)16-21-8-6-5-7-9-21/h5-9,16,23-28H,10-15,17-18H2,1-4H3/b22-16+/t23-,24-,25-,26-,27+,28-,29-,30-/m0/s1. The second-order valence-electron chi connectivity index (χ2n) is 12.0. The Morgan fingerprint density at radius 3 is 2.29 bits per heavy atom. The van der Waals surface area contributed by atoms with E-state index in [1.807, 2.05) is 6.07 Å². The van der Waals surface area contributed by atoms with Crippen LogP contribution in [-0.2, 0) is 19.1 Å². The van der Waals surface area contributed by atoms with Crippen molar-refractivity contribution in [2.45, 2.75) is 91.3 Å². The summed E-state index contributed by atoms with van der Waals surface area (Å²) in [5.74, 6) is 2.28. The van der Waals surface area contributed by atoms with Gasteiger partial charge in [0.2, 0.25) is 0 Å². The minimum atomic E-state index is -0.183. The fourth-order valence-electron chi connectivity index (χ4n) is 8.74. The van der Waals surface area contributed by atoms with Gasteiger partial charge in [-0.15, -0.1) is 0 Å². The fraction of sp³-hybridized carbons (Fsp3) is 0.667. The Morgan fingerprint density at radius 2 is 1.59 bits per heavy atom. The zero-order chi connectivity index (χ0) is 24.1. The van der Waals surface area contributed by atoms with Gasteiger partial charge in [-0.05, 0) is 91.6 Å². The smallest absolute Gasteiger partial charge is 0.303 e. The van der Waals surface area contributed by atoms with Crippen molar-refractivity contribution in [2.75, 3.05) is 0 Å². The lowest BCUT2D eigenvalue weighted by Crippen LogP contribution is -2.55. The molecular weight excluding hydrogens is 424 g/mol. The third kappa shape index (κ3) is 4.01. The van der Waals surface area contributed by atoms with E-state index in [4.69, 9.17) is 9.47 Å². The van der Waals surface area contributed by atoms with Gasteiger partial charge >= 0.3 is 11.9 Å². The van der Waals surface area contributed by atoms with Crippen LogP contribution in [0.25, 0.3) is 6.08 Å². The van der Waals surface area contributed by atoms with Crippen molar-refractivity contribution in [1.29, 1.82) is 0 Å². The van der Waals surface area contributed by atoms with Gasteiger partial charge in [0.1, 0.15) is 12.2 Å². The summed E-state index contributed by atoms with van der Waals surface area (Å²) < 4.78 is 11.7. The van der Waals surface area contributed by atoms with Gasteiger partial charge in [-0.3, -0.25) is 9.59 Å². The molecule has 4 fully saturated rings. The molecule has 4 saturated carbocycles. The van der Waals surface area contributed by atoms with E-state index in [-0.39, 0.29) is 35.0 Å². The van der Waals surface area contributed by atoms with Crippen LogP contribution in [0.4, 0.5) is 0 Å². The molecule has 4 aliphatic rings. The maximum absolute atomic E-state index is 12.0. The monoisotopic (exact) mass is 464 g/mol. The number of benzene rings is 1. The van der Waals surface area contributed by atoms with E-state index in [0.717, 1.165) is 25.7 Å². The molecule has 0 spiro atoms. The summed E-state index contributed by atoms with van der Waals surface area (Å²) >= 11 is 0. The van der Waals surface area contributed by atoms with Gasteiger partial charge in [-0.2, -0.15) is 0 Å². The van der Waals surface area contributed by atoms with Gasteiger partial charge in [0.05, 0.1) is 0 Å². The molecule has 0 amide bonds. The molecule has 1 aromatic rings. The van der Waals surface area contributed by atoms with Crippen LogP contribution >= 0.6 is 0 Å². The van der Waals surface area contributed by atoms with E-state index in [1.165, 1.54) is 43.7 Å². The molecule has 4 aliphatic carbocycles. The van der Waals surface area contributed by atoms with Crippen molar-refractivity contribution >= 4 is 18.0 Å². The van der Waals surface area contributed by atoms with Gasteiger partial charge in [0.15, 0.2) is 0 Å². The highest BCUT2D eigenvalue weighted by molar-refractivity contribution is 5.67. The number of carbonyl (C=O) groups excluding carboxylic acids is 2. The summed E-state index contributed by atoms with van der Waals surface area (Å²) in [4.78, 5) is 23.7. The fourth-order valence-corrected chi connectivity index (χ4v) is 8.74. The van der Waals surface area contributed by atoms with Gasteiger partial charge < -0.3 is 9.47 Å². The molecule has 0 bridgehead atoms. The van der Waals surface area contributed by atoms with Crippen LogP contribution in [-0.4, -0.2) is 24.1 Å². The molecule has 5 rings (SSSR count). The topological polar surface area (TPSA) is 52.6 Å². The lowest BCUT2D eigenvalue weighted by Gasteiger charge is -2.61. The molecule has 34 heavy (non-hydrogen) atoms. The van der Waals surface area contributed by atoms with E-state index >= 15 is 0 Å². The summed E-state index contributed by atoms with van der Waals surface area (Å²) in [5.41, 5.74) is 2.80. The minimum absolute atomic E-state index is 0.0784. The zero-order valence-corrected chi connectivity index (χ0v) is 21.2. The van der Waals surface area contributed by atoms with E-state index in [2.05, 4.69) is 44.2 Å². The Labute approximate surface area is 204 Å². The molecule has 0 aromatic heterocycles. The number of fused-ring (bicyclic) bond motifs is 5. The summed E-state index contributed by atoms with van der Waals surface area (Å²) in [6.45, 7) is 8.00. The third-order valence-corrected chi connectivity index (χ3v) is 10.2. The van der Waals surface area contributed by atoms with Crippen molar-refractivity contribution < 1.29 is 19.1 Å². The van der Waals surface area contributed by atoms with Crippen LogP contribution in [0.3, 0.4) is 0 Å². The van der Waals surface area contributed by atoms with Crippen molar-refractivity contribution in [1.82, 2.24) is 0 Å². The molecule has 0 radical (unpaired) electrons. The van der Waals surface area contributed by atoms with E-state index in [9.17, 15) is 9.59 Å². The molecule has 4 nitrogen and oxygen atoms in total. The normalized spacial score (nSPS) is 42.3. The van der Waals surface area contributed by atoms with Crippen LogP contribution in [0.1, 0.15) is 84.6 Å². The second-order valence-corrected chi connectivity index (χ2v) is 12.0. The number of ether oxygens (including phenoxy) is 2. The Kier molecular flexibility index (Phi) is 6.14. The number of esters is 2. The van der Waals surface area contributed by atoms with Crippen LogP contribution in [0.15, 0.2) is 35.9 Å². The van der Waals surface area contributed by atoms with Gasteiger partial charge in [0.25, 0.3) is 0 Å². The molecule has 0 aliphatic heterocycles. The Morgan fingerprint density at radius 1 is 0.882 bits per heavy atom. The number of carbonyl (C=O) groups is 2. The summed E-state index contributed by atoms with van der Waals surface area (Å²) in [6, 6.07) is 10.4. The van der Waals surface area contributed by atoms with Gasteiger partial charge in [0, 0.05) is 19.3 Å². The maximum atomic E-state index is 12.0. The highest BCUT2D eigenvalue weighted by atomic mass is 16.5. The van der Waals surface area contributed by atoms with E-state index in [1.54, 1.807) is 6.92 Å². The first-order chi connectivity index (χ1) is 16.2. The quantitative estimate of drug-likeness (QED) is 0.474. The molecule has 0 heterocycles. The average Bonchev–Trinajstić information content (AvgIpc) is 3.10. The Hall–Kier alpha value is -2.10. The largest absolute Gasteiger partial charge is 0.462 e. The predicted molar refractivity (Wildman–Crippen MR) is 133 cm³/mol. The highest BCUT2D eigenvalue weighted by Crippen LogP contribution is 2.67. The lowest BCUT2D eigenvalue weighted by atomic mass is 9.44. The van der Waals surface area contributed by atoms with E-state index in [0.29, 0.717) is 23.7 Å². The van der Waals surface area contributed by atoms with Crippen LogP contribution in [0.5, 0.6) is 0 Å².